The van der Waals surface area contributed by atoms with Gasteiger partial charge in [0.15, 0.2) is 0 Å². The van der Waals surface area contributed by atoms with E-state index in [0.29, 0.717) is 18.2 Å². The number of quaternary nitrogens is 1. The van der Waals surface area contributed by atoms with Crippen molar-refractivity contribution in [3.05, 3.63) is 59.6 Å². The number of piperidine rings is 1. The smallest absolute Gasteiger partial charge is 0.314 e. The molecule has 3 aromatic rings. The topological polar surface area (TPSA) is 60.7 Å². The SMILES string of the molecule is O=S(=O)(CC[NH+]1CCC[C@@H](c2nc3ccccc3s2)C1)Oc1ccccc1. The van der Waals surface area contributed by atoms with Crippen LogP contribution in [-0.2, 0) is 10.1 Å². The highest BCUT2D eigenvalue weighted by Gasteiger charge is 2.28. The highest BCUT2D eigenvalue weighted by atomic mass is 32.2. The van der Waals surface area contributed by atoms with Crippen molar-refractivity contribution in [2.45, 2.75) is 18.8 Å². The van der Waals surface area contributed by atoms with E-state index in [-0.39, 0.29) is 5.75 Å². The summed E-state index contributed by atoms with van der Waals surface area (Å²) in [6, 6.07) is 16.9. The van der Waals surface area contributed by atoms with Gasteiger partial charge in [-0.25, -0.2) is 4.98 Å². The number of para-hydroxylation sites is 2. The van der Waals surface area contributed by atoms with Crippen LogP contribution in [0.3, 0.4) is 0 Å². The Morgan fingerprint density at radius 3 is 2.70 bits per heavy atom. The second kappa shape index (κ2) is 7.96. The minimum absolute atomic E-state index is 0.0315. The summed E-state index contributed by atoms with van der Waals surface area (Å²) in [6.07, 6.45) is 2.21. The van der Waals surface area contributed by atoms with Crippen molar-refractivity contribution in [1.82, 2.24) is 4.98 Å². The van der Waals surface area contributed by atoms with Crippen LogP contribution in [0.25, 0.3) is 10.2 Å². The van der Waals surface area contributed by atoms with Crippen molar-refractivity contribution in [2.75, 3.05) is 25.4 Å². The first-order valence-electron chi connectivity index (χ1n) is 9.25. The molecule has 1 saturated heterocycles. The number of hydrogen-bond acceptors (Lipinski definition) is 5. The summed E-state index contributed by atoms with van der Waals surface area (Å²) >= 11 is 1.76. The predicted molar refractivity (Wildman–Crippen MR) is 108 cm³/mol. The molecule has 2 heterocycles. The number of aromatic nitrogens is 1. The third-order valence-corrected chi connectivity index (χ3v) is 7.30. The zero-order valence-corrected chi connectivity index (χ0v) is 16.6. The van der Waals surface area contributed by atoms with Gasteiger partial charge in [0.05, 0.1) is 35.8 Å². The molecule has 1 aliphatic rings. The normalized spacial score (nSPS) is 20.6. The van der Waals surface area contributed by atoms with E-state index in [0.717, 1.165) is 31.4 Å². The van der Waals surface area contributed by atoms with Crippen molar-refractivity contribution < 1.29 is 17.5 Å². The van der Waals surface area contributed by atoms with Crippen molar-refractivity contribution in [1.29, 1.82) is 0 Å². The van der Waals surface area contributed by atoms with Gasteiger partial charge in [0.2, 0.25) is 0 Å². The van der Waals surface area contributed by atoms with Crippen molar-refractivity contribution in [3.63, 3.8) is 0 Å². The summed E-state index contributed by atoms with van der Waals surface area (Å²) in [6.45, 7) is 2.50. The molecule has 1 unspecified atom stereocenters. The number of fused-ring (bicyclic) bond motifs is 1. The van der Waals surface area contributed by atoms with E-state index in [1.54, 1.807) is 35.6 Å². The second-order valence-corrected chi connectivity index (χ2v) is 9.72. The largest absolute Gasteiger partial charge is 0.382 e. The lowest BCUT2D eigenvalue weighted by Crippen LogP contribution is -3.14. The third-order valence-electron chi connectivity index (χ3n) is 4.95. The van der Waals surface area contributed by atoms with E-state index >= 15 is 0 Å². The van der Waals surface area contributed by atoms with Gasteiger partial charge in [-0.05, 0) is 37.1 Å². The molecular formula is C20H23N2O3S2+. The van der Waals surface area contributed by atoms with Gasteiger partial charge in [-0.2, -0.15) is 8.42 Å². The number of likely N-dealkylation sites (tertiary alicyclic amines) is 1. The maximum Gasteiger partial charge on any atom is 0.314 e. The fourth-order valence-corrected chi connectivity index (χ4v) is 5.72. The molecular weight excluding hydrogens is 380 g/mol. The average Bonchev–Trinajstić information content (AvgIpc) is 3.12. The Kier molecular flexibility index (Phi) is 5.43. The van der Waals surface area contributed by atoms with Crippen LogP contribution in [0.4, 0.5) is 0 Å². The first kappa shape index (κ1) is 18.4. The number of nitrogens with zero attached hydrogens (tertiary/aromatic N) is 1. The van der Waals surface area contributed by atoms with Gasteiger partial charge in [0.25, 0.3) is 0 Å². The van der Waals surface area contributed by atoms with Crippen molar-refractivity contribution >= 4 is 31.7 Å². The Bertz CT molecular complexity index is 969. The molecule has 1 aromatic heterocycles. The molecule has 0 radical (unpaired) electrons. The van der Waals surface area contributed by atoms with E-state index in [1.165, 1.54) is 14.6 Å². The van der Waals surface area contributed by atoms with Crippen LogP contribution in [0, 0.1) is 0 Å². The zero-order chi connectivity index (χ0) is 18.7. The summed E-state index contributed by atoms with van der Waals surface area (Å²) in [5.41, 5.74) is 1.06. The molecule has 1 aliphatic heterocycles. The lowest BCUT2D eigenvalue weighted by Gasteiger charge is -2.28. The quantitative estimate of drug-likeness (QED) is 0.643. The molecule has 142 valence electrons. The Labute approximate surface area is 163 Å². The first-order valence-corrected chi connectivity index (χ1v) is 11.6. The van der Waals surface area contributed by atoms with E-state index < -0.39 is 10.1 Å². The Morgan fingerprint density at radius 1 is 1.11 bits per heavy atom. The van der Waals surface area contributed by atoms with Crippen LogP contribution in [0.15, 0.2) is 54.6 Å². The summed E-state index contributed by atoms with van der Waals surface area (Å²) in [7, 11) is -3.57. The molecule has 2 aromatic carbocycles. The molecule has 27 heavy (non-hydrogen) atoms. The van der Waals surface area contributed by atoms with Crippen LogP contribution >= 0.6 is 11.3 Å². The minimum Gasteiger partial charge on any atom is -0.382 e. The third kappa shape index (κ3) is 4.66. The number of benzene rings is 2. The number of thiazole rings is 1. The lowest BCUT2D eigenvalue weighted by molar-refractivity contribution is -0.903. The highest BCUT2D eigenvalue weighted by Crippen LogP contribution is 2.30. The fraction of sp³-hybridized carbons (Fsp3) is 0.350. The Morgan fingerprint density at radius 2 is 1.89 bits per heavy atom. The number of nitrogens with one attached hydrogen (secondary N) is 1. The van der Waals surface area contributed by atoms with Gasteiger partial charge < -0.3 is 9.08 Å². The Balaban J connectivity index is 1.37. The van der Waals surface area contributed by atoms with Crippen molar-refractivity contribution in [2.24, 2.45) is 0 Å². The van der Waals surface area contributed by atoms with Crippen LogP contribution in [0.1, 0.15) is 23.8 Å². The number of rotatable bonds is 6. The Hall–Kier alpha value is -1.96. The summed E-state index contributed by atoms with van der Waals surface area (Å²) in [5.74, 6) is 0.812. The molecule has 0 bridgehead atoms. The minimum atomic E-state index is -3.57. The van der Waals surface area contributed by atoms with E-state index in [1.807, 2.05) is 18.2 Å². The van der Waals surface area contributed by atoms with Crippen LogP contribution in [-0.4, -0.2) is 38.8 Å². The maximum atomic E-state index is 12.3. The number of hydrogen-bond donors (Lipinski definition) is 1. The van der Waals surface area contributed by atoms with E-state index in [9.17, 15) is 8.42 Å². The zero-order valence-electron chi connectivity index (χ0n) is 15.0. The van der Waals surface area contributed by atoms with Gasteiger partial charge in [-0.3, -0.25) is 0 Å². The predicted octanol–water partition coefficient (Wildman–Crippen LogP) is 2.47. The molecule has 0 spiro atoms. The highest BCUT2D eigenvalue weighted by molar-refractivity contribution is 7.87. The summed E-state index contributed by atoms with van der Waals surface area (Å²) < 4.78 is 30.9. The van der Waals surface area contributed by atoms with Crippen LogP contribution in [0.5, 0.6) is 5.75 Å². The van der Waals surface area contributed by atoms with Gasteiger partial charge >= 0.3 is 10.1 Å². The maximum absolute atomic E-state index is 12.3. The molecule has 5 nitrogen and oxygen atoms in total. The second-order valence-electron chi connectivity index (χ2n) is 6.97. The fourth-order valence-electron chi connectivity index (χ4n) is 3.59. The first-order chi connectivity index (χ1) is 13.1. The molecule has 1 N–H and O–H groups in total. The average molecular weight is 404 g/mol. The van der Waals surface area contributed by atoms with Gasteiger partial charge in [0.1, 0.15) is 16.5 Å². The molecule has 7 heteroatoms. The summed E-state index contributed by atoms with van der Waals surface area (Å²) in [5, 5.41) is 1.18. The lowest BCUT2D eigenvalue weighted by atomic mass is 9.99. The van der Waals surface area contributed by atoms with Crippen LogP contribution < -0.4 is 9.08 Å². The van der Waals surface area contributed by atoms with E-state index in [4.69, 9.17) is 9.17 Å². The molecule has 0 aliphatic carbocycles. The molecule has 0 saturated carbocycles. The molecule has 4 rings (SSSR count). The molecule has 0 amide bonds. The van der Waals surface area contributed by atoms with Crippen LogP contribution in [0.2, 0.25) is 0 Å². The van der Waals surface area contributed by atoms with Gasteiger partial charge in [0, 0.05) is 0 Å². The van der Waals surface area contributed by atoms with Gasteiger partial charge in [-0.15, -0.1) is 11.3 Å². The summed E-state index contributed by atoms with van der Waals surface area (Å²) in [4.78, 5) is 6.11. The monoisotopic (exact) mass is 403 g/mol. The van der Waals surface area contributed by atoms with Crippen molar-refractivity contribution in [3.8, 4) is 5.75 Å². The standard InChI is InChI=1S/C20H22N2O3S2/c23-27(24,25-17-8-2-1-3-9-17)14-13-22-12-6-7-16(15-22)20-21-18-10-4-5-11-19(18)26-20/h1-5,8-11,16H,6-7,12-15H2/p+1/t16-/m1/s1. The molecule has 1 fully saturated rings. The van der Waals surface area contributed by atoms with E-state index in [2.05, 4.69) is 12.1 Å². The van der Waals surface area contributed by atoms with Gasteiger partial charge in [-0.1, -0.05) is 30.3 Å². The molecule has 2 atom stereocenters.